The van der Waals surface area contributed by atoms with Crippen LogP contribution >= 0.6 is 11.9 Å². The molecule has 1 fully saturated rings. The molecule has 0 radical (unpaired) electrons. The molecule has 10 heteroatoms. The maximum atomic E-state index is 13.6. The molecule has 1 atom stereocenters. The molecule has 0 saturated carbocycles. The van der Waals surface area contributed by atoms with Gasteiger partial charge in [0.05, 0.1) is 19.8 Å². The van der Waals surface area contributed by atoms with Crippen LogP contribution in [-0.4, -0.2) is 67.9 Å². The van der Waals surface area contributed by atoms with Gasteiger partial charge in [-0.05, 0) is 29.8 Å². The van der Waals surface area contributed by atoms with Crippen molar-refractivity contribution in [2.45, 2.75) is 17.5 Å². The Morgan fingerprint density at radius 1 is 1.09 bits per heavy atom. The second kappa shape index (κ2) is 11.5. The third-order valence-electron chi connectivity index (χ3n) is 5.62. The number of carbonyl (C=O) groups excluding carboxylic acids is 1. The number of amides is 1. The van der Waals surface area contributed by atoms with E-state index in [9.17, 15) is 13.6 Å². The van der Waals surface area contributed by atoms with Crippen LogP contribution in [0.3, 0.4) is 0 Å². The molecule has 0 aliphatic carbocycles. The number of rotatable bonds is 8. The van der Waals surface area contributed by atoms with E-state index in [1.165, 1.54) is 24.1 Å². The predicted octanol–water partition coefficient (Wildman–Crippen LogP) is 3.49. The van der Waals surface area contributed by atoms with E-state index >= 15 is 0 Å². The summed E-state index contributed by atoms with van der Waals surface area (Å²) in [6.07, 6.45) is 1.66. The molecule has 2 aromatic rings. The lowest BCUT2D eigenvalue weighted by Gasteiger charge is -2.36. The Hall–Kier alpha value is -2.95. The van der Waals surface area contributed by atoms with Crippen molar-refractivity contribution in [3.05, 3.63) is 71.4 Å². The van der Waals surface area contributed by atoms with Gasteiger partial charge < -0.3 is 20.1 Å². The molecule has 0 aromatic heterocycles. The summed E-state index contributed by atoms with van der Waals surface area (Å²) in [5.74, 6) is 0.0928. The quantitative estimate of drug-likeness (QED) is 0.453. The summed E-state index contributed by atoms with van der Waals surface area (Å²) >= 11 is 1.18. The summed E-state index contributed by atoms with van der Waals surface area (Å²) in [6, 6.07) is 15.6. The lowest BCUT2D eigenvalue weighted by molar-refractivity contribution is -0.137. The van der Waals surface area contributed by atoms with Crippen LogP contribution in [0.4, 0.5) is 8.78 Å². The van der Waals surface area contributed by atoms with Crippen LogP contribution in [0.15, 0.2) is 75.2 Å². The molecule has 2 aliphatic rings. The molecule has 34 heavy (non-hydrogen) atoms. The lowest BCUT2D eigenvalue weighted by atomic mass is 10.0. The van der Waals surface area contributed by atoms with Gasteiger partial charge in [0.15, 0.2) is 0 Å². The molecule has 2 aromatic carbocycles. The van der Waals surface area contributed by atoms with Crippen molar-refractivity contribution in [3.8, 4) is 5.75 Å². The van der Waals surface area contributed by atoms with E-state index in [0.717, 1.165) is 16.0 Å². The van der Waals surface area contributed by atoms with E-state index in [1.807, 2.05) is 30.3 Å². The van der Waals surface area contributed by atoms with Crippen LogP contribution in [0.2, 0.25) is 0 Å². The van der Waals surface area contributed by atoms with E-state index in [0.29, 0.717) is 45.1 Å². The number of carbonyl (C=O) groups is 1. The number of ether oxygens (including phenoxy) is 2. The highest BCUT2D eigenvalue weighted by atomic mass is 32.2. The maximum absolute atomic E-state index is 13.6. The highest BCUT2D eigenvalue weighted by Crippen LogP contribution is 2.27. The average molecular weight is 489 g/mol. The molecular formula is C24H26F2N4O3S. The number of nitrogens with zero attached hydrogens (tertiary/aromatic N) is 3. The fraction of sp³-hybridized carbons (Fsp3) is 0.333. The summed E-state index contributed by atoms with van der Waals surface area (Å²) in [6.45, 7) is 0.441. The number of halogens is 2. The lowest BCUT2D eigenvalue weighted by Crippen LogP contribution is -2.47. The first kappa shape index (κ1) is 24.2. The van der Waals surface area contributed by atoms with E-state index in [-0.39, 0.29) is 11.7 Å². The van der Waals surface area contributed by atoms with Gasteiger partial charge in [0.1, 0.15) is 11.8 Å². The molecule has 2 heterocycles. The van der Waals surface area contributed by atoms with Crippen molar-refractivity contribution in [1.82, 2.24) is 9.80 Å². The minimum atomic E-state index is -2.86. The highest BCUT2D eigenvalue weighted by Gasteiger charge is 2.34. The number of hydrogen-bond donors (Lipinski definition) is 1. The number of benzene rings is 2. The molecule has 1 amide bonds. The number of hydrogen-bond acceptors (Lipinski definition) is 7. The number of nitrogens with two attached hydrogens (primary N) is 1. The van der Waals surface area contributed by atoms with Crippen molar-refractivity contribution < 1.29 is 23.0 Å². The second-order valence-corrected chi connectivity index (χ2v) is 8.75. The van der Waals surface area contributed by atoms with Gasteiger partial charge in [-0.3, -0.25) is 9.69 Å². The van der Waals surface area contributed by atoms with Crippen LogP contribution in [0, 0.1) is 0 Å². The third kappa shape index (κ3) is 6.13. The molecule has 4 rings (SSSR count). The highest BCUT2D eigenvalue weighted by molar-refractivity contribution is 7.98. The minimum absolute atomic E-state index is 0.00159. The Morgan fingerprint density at radius 2 is 1.79 bits per heavy atom. The Balaban J connectivity index is 1.39. The van der Waals surface area contributed by atoms with Gasteiger partial charge in [-0.2, -0.15) is 8.78 Å². The summed E-state index contributed by atoms with van der Waals surface area (Å²) in [4.78, 5) is 18.3. The first-order valence-corrected chi connectivity index (χ1v) is 11.7. The predicted molar refractivity (Wildman–Crippen MR) is 127 cm³/mol. The first-order valence-electron chi connectivity index (χ1n) is 10.9. The fourth-order valence-corrected chi connectivity index (χ4v) is 4.50. The normalized spacial score (nSPS) is 18.1. The third-order valence-corrected chi connectivity index (χ3v) is 6.32. The smallest absolute Gasteiger partial charge is 0.387 e. The molecule has 1 saturated heterocycles. The van der Waals surface area contributed by atoms with Crippen molar-refractivity contribution in [2.24, 2.45) is 10.1 Å². The van der Waals surface area contributed by atoms with Gasteiger partial charge >= 0.3 is 6.61 Å². The Kier molecular flexibility index (Phi) is 8.15. The van der Waals surface area contributed by atoms with E-state index in [2.05, 4.69) is 14.0 Å². The first-order chi connectivity index (χ1) is 16.5. The van der Waals surface area contributed by atoms with E-state index in [4.69, 9.17) is 10.5 Å². The summed E-state index contributed by atoms with van der Waals surface area (Å²) in [7, 11) is 0. The molecule has 0 bridgehead atoms. The van der Waals surface area contributed by atoms with E-state index < -0.39 is 12.7 Å². The second-order valence-electron chi connectivity index (χ2n) is 7.88. The molecule has 2 N–H and O–H groups in total. The maximum Gasteiger partial charge on any atom is 0.387 e. The fourth-order valence-electron chi connectivity index (χ4n) is 3.94. The van der Waals surface area contributed by atoms with Gasteiger partial charge in [0.2, 0.25) is 5.91 Å². The number of morpholine rings is 1. The van der Waals surface area contributed by atoms with Crippen LogP contribution in [0.5, 0.6) is 5.75 Å². The number of alkyl halides is 2. The van der Waals surface area contributed by atoms with Crippen molar-refractivity contribution in [3.63, 3.8) is 0 Å². The zero-order valence-electron chi connectivity index (χ0n) is 18.5. The summed E-state index contributed by atoms with van der Waals surface area (Å²) in [5.41, 5.74) is 8.57. The molecule has 0 spiro atoms. The zero-order chi connectivity index (χ0) is 23.9. The van der Waals surface area contributed by atoms with E-state index in [1.54, 1.807) is 23.2 Å². The van der Waals surface area contributed by atoms with Crippen molar-refractivity contribution >= 4 is 24.1 Å². The Labute approximate surface area is 201 Å². The largest absolute Gasteiger partial charge is 0.435 e. The Bertz CT molecular complexity index is 1030. The standard InChI is InChI=1S/C24H26F2N4O3S/c25-24(26)33-19-6-8-20(9-7-19)34-28-14-18-15-30(16-21(18)27)23(31)22(17-4-2-1-3-5-17)29-10-12-32-13-11-29/h1-9,14,22,24H,10-13,15-16,27H2/b28-14+. The molecule has 7 nitrogen and oxygen atoms in total. The van der Waals surface area contributed by atoms with Crippen molar-refractivity contribution in [1.29, 1.82) is 0 Å². The Morgan fingerprint density at radius 3 is 2.47 bits per heavy atom. The van der Waals surface area contributed by atoms with Gasteiger partial charge in [-0.15, -0.1) is 0 Å². The van der Waals surface area contributed by atoms with Crippen LogP contribution in [-0.2, 0) is 9.53 Å². The van der Waals surface area contributed by atoms with Gasteiger partial charge in [0, 0.05) is 54.0 Å². The molecular weight excluding hydrogens is 462 g/mol. The molecule has 2 aliphatic heterocycles. The van der Waals surface area contributed by atoms with Crippen LogP contribution in [0.25, 0.3) is 0 Å². The van der Waals surface area contributed by atoms with Gasteiger partial charge in [-0.25, -0.2) is 4.40 Å². The van der Waals surface area contributed by atoms with Gasteiger partial charge in [0.25, 0.3) is 0 Å². The summed E-state index contributed by atoms with van der Waals surface area (Å²) < 4.78 is 38.7. The zero-order valence-corrected chi connectivity index (χ0v) is 19.3. The summed E-state index contributed by atoms with van der Waals surface area (Å²) in [5, 5.41) is 0. The van der Waals surface area contributed by atoms with Crippen molar-refractivity contribution in [2.75, 3.05) is 39.4 Å². The van der Waals surface area contributed by atoms with Crippen LogP contribution in [0.1, 0.15) is 11.6 Å². The van der Waals surface area contributed by atoms with Crippen LogP contribution < -0.4 is 10.5 Å². The topological polar surface area (TPSA) is 80.4 Å². The SMILES string of the molecule is NC1=C(/C=N/Sc2ccc(OC(F)F)cc2)CN(C(=O)C(c2ccccc2)N2CCOCC2)C1. The van der Waals surface area contributed by atoms with Gasteiger partial charge in [-0.1, -0.05) is 30.3 Å². The monoisotopic (exact) mass is 488 g/mol. The molecule has 180 valence electrons. The molecule has 1 unspecified atom stereocenters. The minimum Gasteiger partial charge on any atom is -0.435 e. The average Bonchev–Trinajstić information content (AvgIpc) is 3.22.